The van der Waals surface area contributed by atoms with Crippen LogP contribution in [0.1, 0.15) is 6.92 Å². The van der Waals surface area contributed by atoms with Gasteiger partial charge < -0.3 is 0 Å². The maximum Gasteiger partial charge on any atom is 0.0488 e. The van der Waals surface area contributed by atoms with Gasteiger partial charge >= 0.3 is 0 Å². The summed E-state index contributed by atoms with van der Waals surface area (Å²) < 4.78 is 0. The van der Waals surface area contributed by atoms with E-state index in [0.717, 1.165) is 0 Å². The van der Waals surface area contributed by atoms with E-state index in [0.29, 0.717) is 5.88 Å². The molecule has 0 spiro atoms. The normalized spacial score (nSPS) is 15.3. The van der Waals surface area contributed by atoms with Gasteiger partial charge in [0, 0.05) is 11.3 Å². The summed E-state index contributed by atoms with van der Waals surface area (Å²) in [6.45, 7) is 1.89. The maximum absolute atomic E-state index is 5.51. The van der Waals surface area contributed by atoms with Crippen molar-refractivity contribution in [1.29, 1.82) is 0 Å². The van der Waals surface area contributed by atoms with E-state index in [1.807, 2.05) is 19.1 Å². The molecule has 0 aromatic heterocycles. The lowest BCUT2D eigenvalue weighted by Gasteiger charge is -1.85. The van der Waals surface area contributed by atoms with E-state index >= 15 is 0 Å². The molecule has 0 bridgehead atoms. The van der Waals surface area contributed by atoms with Crippen molar-refractivity contribution in [3.05, 3.63) is 12.2 Å². The molecule has 2 heteroatoms. The molecule has 0 radical (unpaired) electrons. The van der Waals surface area contributed by atoms with Gasteiger partial charge in [-0.2, -0.15) is 0 Å². The highest BCUT2D eigenvalue weighted by Gasteiger charge is 1.81. The van der Waals surface area contributed by atoms with Gasteiger partial charge in [0.1, 0.15) is 0 Å². The highest BCUT2D eigenvalue weighted by atomic mass is 35.5. The Morgan fingerprint density at radius 1 is 1.71 bits per heavy atom. The van der Waals surface area contributed by atoms with E-state index in [2.05, 4.69) is 0 Å². The predicted octanol–water partition coefficient (Wildman–Crippen LogP) is 2.41. The highest BCUT2D eigenvalue weighted by molar-refractivity contribution is 6.22. The Morgan fingerprint density at radius 2 is 2.29 bits per heavy atom. The summed E-state index contributed by atoms with van der Waals surface area (Å²) in [7, 11) is 0. The van der Waals surface area contributed by atoms with Gasteiger partial charge in [0.25, 0.3) is 0 Å². The number of hydrogen-bond donors (Lipinski definition) is 0. The van der Waals surface area contributed by atoms with Crippen LogP contribution in [0.2, 0.25) is 0 Å². The molecule has 0 heterocycles. The molecule has 7 heavy (non-hydrogen) atoms. The van der Waals surface area contributed by atoms with Crippen molar-refractivity contribution >= 4 is 23.2 Å². The van der Waals surface area contributed by atoms with E-state index in [9.17, 15) is 0 Å². The monoisotopic (exact) mass is 138 g/mol. The SMILES string of the molecule is CC(Cl)C=CCCl. The summed E-state index contributed by atoms with van der Waals surface area (Å²) in [5.41, 5.74) is 0. The largest absolute Gasteiger partial charge is 0.122 e. The van der Waals surface area contributed by atoms with Gasteiger partial charge in [0.15, 0.2) is 0 Å². The lowest BCUT2D eigenvalue weighted by molar-refractivity contribution is 1.22. The van der Waals surface area contributed by atoms with Crippen molar-refractivity contribution in [2.75, 3.05) is 5.88 Å². The fourth-order valence-corrected chi connectivity index (χ4v) is 0.445. The second-order valence-electron chi connectivity index (χ2n) is 1.26. The first-order valence-corrected chi connectivity index (χ1v) is 3.11. The Morgan fingerprint density at radius 3 is 2.43 bits per heavy atom. The zero-order chi connectivity index (χ0) is 5.70. The lowest BCUT2D eigenvalue weighted by atomic mass is 10.4. The third kappa shape index (κ3) is 6.32. The van der Waals surface area contributed by atoms with Gasteiger partial charge in [-0.05, 0) is 6.92 Å². The third-order valence-corrected chi connectivity index (χ3v) is 0.814. The van der Waals surface area contributed by atoms with Crippen LogP contribution in [0.5, 0.6) is 0 Å². The number of alkyl halides is 2. The van der Waals surface area contributed by atoms with Gasteiger partial charge in [-0.25, -0.2) is 0 Å². The summed E-state index contributed by atoms with van der Waals surface area (Å²) >= 11 is 10.8. The van der Waals surface area contributed by atoms with Crippen LogP contribution in [-0.2, 0) is 0 Å². The first kappa shape index (κ1) is 7.32. The summed E-state index contributed by atoms with van der Waals surface area (Å²) in [5.74, 6) is 0.553. The first-order valence-electron chi connectivity index (χ1n) is 2.14. The van der Waals surface area contributed by atoms with Gasteiger partial charge in [0.05, 0.1) is 0 Å². The molecule has 0 aliphatic heterocycles. The Balaban J connectivity index is 3.08. The Labute approximate surface area is 54.1 Å². The maximum atomic E-state index is 5.51. The van der Waals surface area contributed by atoms with Crippen molar-refractivity contribution in [3.8, 4) is 0 Å². The first-order chi connectivity index (χ1) is 3.27. The average molecular weight is 139 g/mol. The number of hydrogen-bond acceptors (Lipinski definition) is 0. The smallest absolute Gasteiger partial charge is 0.0488 e. The minimum absolute atomic E-state index is 0.110. The van der Waals surface area contributed by atoms with E-state index in [4.69, 9.17) is 23.2 Å². The van der Waals surface area contributed by atoms with E-state index in [-0.39, 0.29) is 5.38 Å². The number of rotatable bonds is 2. The Kier molecular flexibility index (Phi) is 4.68. The van der Waals surface area contributed by atoms with Crippen molar-refractivity contribution in [2.24, 2.45) is 0 Å². The quantitative estimate of drug-likeness (QED) is 0.407. The Hall–Kier alpha value is 0.320. The van der Waals surface area contributed by atoms with Gasteiger partial charge in [-0.3, -0.25) is 0 Å². The predicted molar refractivity (Wildman–Crippen MR) is 35.2 cm³/mol. The molecule has 0 aliphatic carbocycles. The summed E-state index contributed by atoms with van der Waals surface area (Å²) in [6.07, 6.45) is 3.69. The van der Waals surface area contributed by atoms with Crippen LogP contribution >= 0.6 is 23.2 Å². The minimum atomic E-state index is 0.110. The van der Waals surface area contributed by atoms with Gasteiger partial charge in [-0.1, -0.05) is 12.2 Å². The molecular formula is C5H8Cl2. The van der Waals surface area contributed by atoms with E-state index < -0.39 is 0 Å². The third-order valence-electron chi connectivity index (χ3n) is 0.490. The molecule has 0 aromatic carbocycles. The minimum Gasteiger partial charge on any atom is -0.122 e. The molecule has 0 aromatic rings. The molecule has 1 atom stereocenters. The van der Waals surface area contributed by atoms with Gasteiger partial charge in [-0.15, -0.1) is 23.2 Å². The van der Waals surface area contributed by atoms with E-state index in [1.165, 1.54) is 0 Å². The van der Waals surface area contributed by atoms with Crippen LogP contribution in [0, 0.1) is 0 Å². The Bertz CT molecular complexity index is 57.1. The molecule has 0 fully saturated rings. The molecule has 0 saturated carbocycles. The molecular weight excluding hydrogens is 131 g/mol. The van der Waals surface area contributed by atoms with Crippen molar-refractivity contribution < 1.29 is 0 Å². The zero-order valence-electron chi connectivity index (χ0n) is 4.20. The molecule has 0 saturated heterocycles. The van der Waals surface area contributed by atoms with Crippen LogP contribution in [-0.4, -0.2) is 11.3 Å². The summed E-state index contributed by atoms with van der Waals surface area (Å²) in [6, 6.07) is 0. The van der Waals surface area contributed by atoms with Crippen molar-refractivity contribution in [1.82, 2.24) is 0 Å². The van der Waals surface area contributed by atoms with Crippen LogP contribution in [0.15, 0.2) is 12.2 Å². The van der Waals surface area contributed by atoms with Crippen LogP contribution in [0.25, 0.3) is 0 Å². The van der Waals surface area contributed by atoms with Crippen molar-refractivity contribution in [2.45, 2.75) is 12.3 Å². The summed E-state index contributed by atoms with van der Waals surface area (Å²) in [5, 5.41) is 0.110. The van der Waals surface area contributed by atoms with Crippen molar-refractivity contribution in [3.63, 3.8) is 0 Å². The summed E-state index contributed by atoms with van der Waals surface area (Å²) in [4.78, 5) is 0. The zero-order valence-corrected chi connectivity index (χ0v) is 5.71. The molecule has 0 amide bonds. The van der Waals surface area contributed by atoms with Crippen LogP contribution < -0.4 is 0 Å². The number of allylic oxidation sites excluding steroid dienone is 2. The van der Waals surface area contributed by atoms with Crippen LogP contribution in [0.4, 0.5) is 0 Å². The molecule has 1 unspecified atom stereocenters. The second-order valence-corrected chi connectivity index (χ2v) is 2.26. The average Bonchev–Trinajstić information content (AvgIpc) is 1.61. The molecule has 0 N–H and O–H groups in total. The number of halogens is 2. The highest BCUT2D eigenvalue weighted by Crippen LogP contribution is 1.94. The van der Waals surface area contributed by atoms with Gasteiger partial charge in [0.2, 0.25) is 0 Å². The molecule has 42 valence electrons. The van der Waals surface area contributed by atoms with E-state index in [1.54, 1.807) is 0 Å². The lowest BCUT2D eigenvalue weighted by Crippen LogP contribution is -1.79. The second kappa shape index (κ2) is 4.48. The fourth-order valence-electron chi connectivity index (χ4n) is 0.239. The molecule has 0 nitrogen and oxygen atoms in total. The molecule has 0 rings (SSSR count). The topological polar surface area (TPSA) is 0 Å². The fraction of sp³-hybridized carbons (Fsp3) is 0.600. The molecule has 0 aliphatic rings. The standard InChI is InChI=1S/C5H8Cl2/c1-5(7)3-2-4-6/h2-3,5H,4H2,1H3. The van der Waals surface area contributed by atoms with Crippen LogP contribution in [0.3, 0.4) is 0 Å².